The van der Waals surface area contributed by atoms with Crippen molar-refractivity contribution in [1.29, 1.82) is 0 Å². The summed E-state index contributed by atoms with van der Waals surface area (Å²) in [5.41, 5.74) is 2.38. The lowest BCUT2D eigenvalue weighted by Gasteiger charge is -2.42. The quantitative estimate of drug-likeness (QED) is 0.561. The van der Waals surface area contributed by atoms with Gasteiger partial charge in [-0.15, -0.1) is 0 Å². The largest absolute Gasteiger partial charge is 0.294 e. The summed E-state index contributed by atoms with van der Waals surface area (Å²) in [6.07, 6.45) is 3.78. The zero-order valence-electron chi connectivity index (χ0n) is 19.4. The Morgan fingerprint density at radius 1 is 0.600 bits per heavy atom. The molecule has 1 aromatic carbocycles. The van der Waals surface area contributed by atoms with Crippen molar-refractivity contribution in [3.8, 4) is 0 Å². The summed E-state index contributed by atoms with van der Waals surface area (Å²) in [7, 11) is 0. The van der Waals surface area contributed by atoms with Crippen molar-refractivity contribution < 1.29 is 9.59 Å². The van der Waals surface area contributed by atoms with Crippen molar-refractivity contribution >= 4 is 11.6 Å². The lowest BCUT2D eigenvalue weighted by atomic mass is 9.60. The van der Waals surface area contributed by atoms with Crippen molar-refractivity contribution in [2.24, 2.45) is 21.7 Å². The standard InChI is InChI=1S/C28H34O2/c1-17-21(29)25(7)13-15-27(17,23(25,3)4)19-9-11-20(12-10-19)28-16-14-26(8,24(28,5)6)22(30)18(28)2/h9-12H,1-2,13-16H2,3-8H3. The Bertz CT molecular complexity index is 970. The van der Waals surface area contributed by atoms with E-state index >= 15 is 0 Å². The average molecular weight is 403 g/mol. The van der Waals surface area contributed by atoms with Gasteiger partial charge in [-0.3, -0.25) is 9.59 Å². The summed E-state index contributed by atoms with van der Waals surface area (Å²) in [4.78, 5) is 26.2. The number of hydrogen-bond donors (Lipinski definition) is 0. The van der Waals surface area contributed by atoms with Gasteiger partial charge < -0.3 is 0 Å². The molecule has 1 aromatic rings. The average Bonchev–Trinajstić information content (AvgIpc) is 3.13. The topological polar surface area (TPSA) is 34.1 Å². The summed E-state index contributed by atoms with van der Waals surface area (Å²) in [5.74, 6) is 0.479. The van der Waals surface area contributed by atoms with Crippen LogP contribution in [0.1, 0.15) is 78.4 Å². The van der Waals surface area contributed by atoms with Crippen LogP contribution in [0.4, 0.5) is 0 Å². The number of hydrogen-bond acceptors (Lipinski definition) is 2. The van der Waals surface area contributed by atoms with Gasteiger partial charge in [0.25, 0.3) is 0 Å². The fraction of sp³-hybridized carbons (Fsp3) is 0.571. The first-order valence-electron chi connectivity index (χ1n) is 11.4. The highest BCUT2D eigenvalue weighted by Gasteiger charge is 2.73. The molecular weight excluding hydrogens is 368 g/mol. The van der Waals surface area contributed by atoms with Crippen LogP contribution in [0.5, 0.6) is 0 Å². The molecule has 5 rings (SSSR count). The number of rotatable bonds is 2. The van der Waals surface area contributed by atoms with E-state index in [0.29, 0.717) is 0 Å². The van der Waals surface area contributed by atoms with E-state index in [0.717, 1.165) is 36.8 Å². The van der Waals surface area contributed by atoms with E-state index in [4.69, 9.17) is 0 Å². The van der Waals surface area contributed by atoms with E-state index in [9.17, 15) is 9.59 Å². The number of fused-ring (bicyclic) bond motifs is 4. The van der Waals surface area contributed by atoms with Crippen LogP contribution >= 0.6 is 0 Å². The van der Waals surface area contributed by atoms with Gasteiger partial charge in [0.2, 0.25) is 0 Å². The molecule has 4 bridgehead atoms. The fourth-order valence-corrected chi connectivity index (χ4v) is 8.37. The first-order chi connectivity index (χ1) is 13.8. The molecule has 2 heteroatoms. The molecule has 2 nitrogen and oxygen atoms in total. The number of carbonyl (C=O) groups is 2. The molecule has 0 radical (unpaired) electrons. The third-order valence-corrected chi connectivity index (χ3v) is 11.3. The van der Waals surface area contributed by atoms with Crippen LogP contribution < -0.4 is 0 Å². The normalized spacial score (nSPS) is 43.1. The molecule has 4 unspecified atom stereocenters. The molecule has 4 fully saturated rings. The number of allylic oxidation sites excluding steroid dienone is 2. The van der Waals surface area contributed by atoms with Gasteiger partial charge in [-0.25, -0.2) is 0 Å². The second-order valence-corrected chi connectivity index (χ2v) is 11.9. The summed E-state index contributed by atoms with van der Waals surface area (Å²) in [6, 6.07) is 8.85. The molecule has 0 heterocycles. The molecular formula is C28H34O2. The molecule has 158 valence electrons. The highest BCUT2D eigenvalue weighted by molar-refractivity contribution is 6.08. The van der Waals surface area contributed by atoms with Crippen LogP contribution in [0.2, 0.25) is 0 Å². The summed E-state index contributed by atoms with van der Waals surface area (Å²) < 4.78 is 0. The molecule has 4 aliphatic carbocycles. The van der Waals surface area contributed by atoms with E-state index in [1.165, 1.54) is 11.1 Å². The van der Waals surface area contributed by atoms with Crippen LogP contribution in [0.15, 0.2) is 48.6 Å². The molecule has 4 saturated carbocycles. The Morgan fingerprint density at radius 2 is 0.900 bits per heavy atom. The zero-order chi connectivity index (χ0) is 22.1. The number of Topliss-reactive ketones (excluding diaryl/α,β-unsaturated/α-hetero) is 2. The minimum absolute atomic E-state index is 0.161. The van der Waals surface area contributed by atoms with Crippen molar-refractivity contribution in [3.63, 3.8) is 0 Å². The predicted octanol–water partition coefficient (Wildman–Crippen LogP) is 6.09. The van der Waals surface area contributed by atoms with Crippen molar-refractivity contribution in [2.75, 3.05) is 0 Å². The lowest BCUT2D eigenvalue weighted by molar-refractivity contribution is -0.126. The van der Waals surface area contributed by atoms with Crippen molar-refractivity contribution in [1.82, 2.24) is 0 Å². The maximum absolute atomic E-state index is 13.1. The minimum Gasteiger partial charge on any atom is -0.294 e. The molecule has 0 aromatic heterocycles. The second-order valence-electron chi connectivity index (χ2n) is 11.9. The minimum atomic E-state index is -0.330. The van der Waals surface area contributed by atoms with Crippen molar-refractivity contribution in [2.45, 2.75) is 78.1 Å². The maximum atomic E-state index is 13.1. The zero-order valence-corrected chi connectivity index (χ0v) is 19.4. The van der Waals surface area contributed by atoms with Gasteiger partial charge in [0.1, 0.15) is 0 Å². The van der Waals surface area contributed by atoms with Crippen LogP contribution in [0.25, 0.3) is 0 Å². The third-order valence-electron chi connectivity index (χ3n) is 11.3. The van der Waals surface area contributed by atoms with Crippen LogP contribution in [0, 0.1) is 21.7 Å². The van der Waals surface area contributed by atoms with Gasteiger partial charge in [0, 0.05) is 21.7 Å². The maximum Gasteiger partial charge on any atom is 0.165 e. The van der Waals surface area contributed by atoms with Gasteiger partial charge >= 0.3 is 0 Å². The molecule has 4 aliphatic rings. The second kappa shape index (κ2) is 5.09. The first-order valence-corrected chi connectivity index (χ1v) is 11.4. The Balaban J connectivity index is 1.64. The monoisotopic (exact) mass is 402 g/mol. The Labute approximate surface area is 180 Å². The number of carbonyl (C=O) groups excluding carboxylic acids is 2. The SMILES string of the molecule is C=C1C(=O)C2(C)CCC1(c1ccc(C34CCC(C)(C(=O)C3=C)C4(C)C)cc1)C2(C)C. The van der Waals surface area contributed by atoms with E-state index in [1.807, 2.05) is 0 Å². The molecule has 4 atom stereocenters. The van der Waals surface area contributed by atoms with Gasteiger partial charge in [0.15, 0.2) is 11.6 Å². The van der Waals surface area contributed by atoms with Gasteiger partial charge in [-0.1, -0.05) is 79.0 Å². The molecule has 0 saturated heterocycles. The van der Waals surface area contributed by atoms with Crippen LogP contribution in [-0.4, -0.2) is 11.6 Å². The molecule has 0 spiro atoms. The van der Waals surface area contributed by atoms with E-state index < -0.39 is 0 Å². The number of ketones is 2. The highest BCUT2D eigenvalue weighted by Crippen LogP contribution is 2.74. The van der Waals surface area contributed by atoms with Crippen LogP contribution in [-0.2, 0) is 20.4 Å². The Morgan fingerprint density at radius 3 is 1.13 bits per heavy atom. The number of benzene rings is 1. The summed E-state index contributed by atoms with van der Waals surface area (Å²) in [6.45, 7) is 21.8. The van der Waals surface area contributed by atoms with E-state index in [2.05, 4.69) is 79.0 Å². The molecule has 0 N–H and O–H groups in total. The summed E-state index contributed by atoms with van der Waals surface area (Å²) in [5, 5.41) is 0. The van der Waals surface area contributed by atoms with Gasteiger partial charge in [0.05, 0.1) is 0 Å². The van der Waals surface area contributed by atoms with E-state index in [-0.39, 0.29) is 44.1 Å². The smallest absolute Gasteiger partial charge is 0.165 e. The van der Waals surface area contributed by atoms with Gasteiger partial charge in [-0.2, -0.15) is 0 Å². The molecule has 0 amide bonds. The lowest BCUT2D eigenvalue weighted by Crippen LogP contribution is -2.39. The molecule has 30 heavy (non-hydrogen) atoms. The fourth-order valence-electron chi connectivity index (χ4n) is 8.37. The molecule has 0 aliphatic heterocycles. The van der Waals surface area contributed by atoms with E-state index in [1.54, 1.807) is 0 Å². The summed E-state index contributed by atoms with van der Waals surface area (Å²) >= 11 is 0. The van der Waals surface area contributed by atoms with Crippen LogP contribution in [0.3, 0.4) is 0 Å². The van der Waals surface area contributed by atoms with Gasteiger partial charge in [-0.05, 0) is 58.8 Å². The van der Waals surface area contributed by atoms with Crippen molar-refractivity contribution in [3.05, 3.63) is 59.7 Å². The highest BCUT2D eigenvalue weighted by atomic mass is 16.1. The Kier molecular flexibility index (Phi) is 3.39. The first kappa shape index (κ1) is 20.0. The predicted molar refractivity (Wildman–Crippen MR) is 120 cm³/mol. The Hall–Kier alpha value is -1.96. The third kappa shape index (κ3) is 1.57.